The van der Waals surface area contributed by atoms with Gasteiger partial charge in [-0.2, -0.15) is 0 Å². The number of hydrogen-bond acceptors (Lipinski definition) is 5. The lowest BCUT2D eigenvalue weighted by atomic mass is 10.2. The number of nitrogens with zero attached hydrogens (tertiary/aromatic N) is 2. The Morgan fingerprint density at radius 2 is 1.77 bits per heavy atom. The average Bonchev–Trinajstić information content (AvgIpc) is 2.92. The van der Waals surface area contributed by atoms with Gasteiger partial charge in [0.1, 0.15) is 0 Å². The van der Waals surface area contributed by atoms with Gasteiger partial charge in [0.05, 0.1) is 17.8 Å². The molecule has 0 aliphatic heterocycles. The van der Waals surface area contributed by atoms with Crippen molar-refractivity contribution in [3.8, 4) is 5.69 Å². The lowest BCUT2D eigenvalue weighted by Crippen LogP contribution is -2.09. The van der Waals surface area contributed by atoms with Crippen LogP contribution in [-0.2, 0) is 25.2 Å². The molecule has 22 heavy (non-hydrogen) atoms. The highest BCUT2D eigenvalue weighted by atomic mass is 32.2. The van der Waals surface area contributed by atoms with Crippen LogP contribution in [0.15, 0.2) is 43.0 Å². The Labute approximate surface area is 126 Å². The van der Waals surface area contributed by atoms with Gasteiger partial charge in [-0.25, -0.2) is 23.0 Å². The number of sulfone groups is 1. The molecule has 0 saturated carbocycles. The highest BCUT2D eigenvalue weighted by Gasteiger charge is 2.09. The maximum atomic E-state index is 11.3. The first-order chi connectivity index (χ1) is 10.2. The minimum atomic E-state index is -3.02. The van der Waals surface area contributed by atoms with Gasteiger partial charge in [0.25, 0.3) is 0 Å². The molecule has 2 aromatic rings. The van der Waals surface area contributed by atoms with Crippen LogP contribution in [0.3, 0.4) is 0 Å². The van der Waals surface area contributed by atoms with Crippen LogP contribution in [0.25, 0.3) is 5.69 Å². The van der Waals surface area contributed by atoms with Crippen LogP contribution in [-0.4, -0.2) is 46.4 Å². The summed E-state index contributed by atoms with van der Waals surface area (Å²) in [6.45, 7) is 0. The molecule has 118 valence electrons. The fourth-order valence-corrected chi connectivity index (χ4v) is 2.38. The van der Waals surface area contributed by atoms with E-state index in [2.05, 4.69) is 4.98 Å². The second-order valence-electron chi connectivity index (χ2n) is 4.28. The van der Waals surface area contributed by atoms with Gasteiger partial charge in [-0.15, -0.1) is 0 Å². The highest BCUT2D eigenvalue weighted by Crippen LogP contribution is 2.16. The maximum absolute atomic E-state index is 11.3. The van der Waals surface area contributed by atoms with Crippen molar-refractivity contribution >= 4 is 21.8 Å². The van der Waals surface area contributed by atoms with Gasteiger partial charge in [-0.05, 0) is 11.6 Å². The standard InChI is InChI=1S/C11H12N2O2S.C2H2O4/c1-16(14,15)8-10-4-2-3-5-11(10)13-7-6-12-9-13;3-1(4)2(5)6/h2-7,9H,8H2,1H3;(H,3,4)(H,5,6). The van der Waals surface area contributed by atoms with Crippen LogP contribution < -0.4 is 0 Å². The summed E-state index contributed by atoms with van der Waals surface area (Å²) in [5, 5.41) is 14.8. The zero-order chi connectivity index (χ0) is 16.8. The summed E-state index contributed by atoms with van der Waals surface area (Å²) in [6, 6.07) is 7.40. The molecule has 0 aliphatic carbocycles. The van der Waals surface area contributed by atoms with Crippen molar-refractivity contribution in [2.24, 2.45) is 0 Å². The molecule has 0 fully saturated rings. The van der Waals surface area contributed by atoms with Gasteiger partial charge in [0.2, 0.25) is 0 Å². The second kappa shape index (κ2) is 7.36. The summed E-state index contributed by atoms with van der Waals surface area (Å²) in [5.74, 6) is -3.61. The summed E-state index contributed by atoms with van der Waals surface area (Å²) in [4.78, 5) is 22.1. The molecule has 1 aromatic heterocycles. The molecule has 0 atom stereocenters. The van der Waals surface area contributed by atoms with Gasteiger partial charge in [0.15, 0.2) is 9.84 Å². The van der Waals surface area contributed by atoms with E-state index in [1.807, 2.05) is 24.3 Å². The normalized spacial score (nSPS) is 10.4. The molecule has 0 spiro atoms. The number of hydrogen-bond donors (Lipinski definition) is 2. The highest BCUT2D eigenvalue weighted by molar-refractivity contribution is 7.89. The van der Waals surface area contributed by atoms with Crippen molar-refractivity contribution in [1.29, 1.82) is 0 Å². The van der Waals surface area contributed by atoms with Crippen LogP contribution in [0, 0.1) is 0 Å². The zero-order valence-electron chi connectivity index (χ0n) is 11.6. The second-order valence-corrected chi connectivity index (χ2v) is 6.42. The van der Waals surface area contributed by atoms with Crippen LogP contribution in [0.5, 0.6) is 0 Å². The van der Waals surface area contributed by atoms with E-state index in [9.17, 15) is 8.42 Å². The minimum absolute atomic E-state index is 0.0430. The summed E-state index contributed by atoms with van der Waals surface area (Å²) in [6.07, 6.45) is 6.34. The third-order valence-electron chi connectivity index (χ3n) is 2.37. The molecule has 2 rings (SSSR count). The number of imidazole rings is 1. The van der Waals surface area contributed by atoms with E-state index in [1.54, 1.807) is 23.3 Å². The molecule has 0 radical (unpaired) electrons. The smallest absolute Gasteiger partial charge is 0.414 e. The number of benzene rings is 1. The number of aromatic nitrogens is 2. The predicted molar refractivity (Wildman–Crippen MR) is 77.4 cm³/mol. The van der Waals surface area contributed by atoms with E-state index in [0.29, 0.717) is 0 Å². The Morgan fingerprint density at radius 1 is 1.18 bits per heavy atom. The fraction of sp³-hybridized carbons (Fsp3) is 0.154. The van der Waals surface area contributed by atoms with Crippen molar-refractivity contribution in [3.05, 3.63) is 48.5 Å². The largest absolute Gasteiger partial charge is 0.473 e. The van der Waals surface area contributed by atoms with Crippen molar-refractivity contribution < 1.29 is 28.2 Å². The van der Waals surface area contributed by atoms with Crippen LogP contribution in [0.1, 0.15) is 5.56 Å². The van der Waals surface area contributed by atoms with Gasteiger partial charge in [-0.1, -0.05) is 18.2 Å². The third-order valence-corrected chi connectivity index (χ3v) is 3.21. The molecule has 9 heteroatoms. The Morgan fingerprint density at radius 3 is 2.23 bits per heavy atom. The number of para-hydroxylation sites is 1. The zero-order valence-corrected chi connectivity index (χ0v) is 12.4. The maximum Gasteiger partial charge on any atom is 0.414 e. The molecular weight excluding hydrogens is 312 g/mol. The average molecular weight is 326 g/mol. The lowest BCUT2D eigenvalue weighted by molar-refractivity contribution is -0.159. The molecular formula is C13H14N2O6S. The summed E-state index contributed by atoms with van der Waals surface area (Å²) in [5.41, 5.74) is 1.63. The molecule has 0 bridgehead atoms. The molecule has 8 nitrogen and oxygen atoms in total. The first-order valence-corrected chi connectivity index (χ1v) is 7.97. The van der Waals surface area contributed by atoms with E-state index in [-0.39, 0.29) is 5.75 Å². The number of rotatable bonds is 3. The molecule has 1 aromatic carbocycles. The summed E-state index contributed by atoms with van der Waals surface area (Å²) < 4.78 is 24.4. The molecule has 0 unspecified atom stereocenters. The molecule has 0 saturated heterocycles. The van der Waals surface area contributed by atoms with Crippen molar-refractivity contribution in [2.75, 3.05) is 6.26 Å². The summed E-state index contributed by atoms with van der Waals surface area (Å²) in [7, 11) is -3.02. The first kappa shape index (κ1) is 17.4. The Balaban J connectivity index is 0.000000346. The monoisotopic (exact) mass is 326 g/mol. The van der Waals surface area contributed by atoms with Gasteiger partial charge in [0, 0.05) is 18.6 Å². The number of aliphatic carboxylic acids is 2. The van der Waals surface area contributed by atoms with Crippen molar-refractivity contribution in [2.45, 2.75) is 5.75 Å². The Bertz CT molecular complexity index is 741. The Hall–Kier alpha value is -2.68. The van der Waals surface area contributed by atoms with E-state index in [0.717, 1.165) is 11.3 Å². The third kappa shape index (κ3) is 5.75. The first-order valence-electron chi connectivity index (χ1n) is 5.91. The van der Waals surface area contributed by atoms with Crippen molar-refractivity contribution in [3.63, 3.8) is 0 Å². The predicted octanol–water partition coefficient (Wildman–Crippen LogP) is 0.573. The number of carboxylic acids is 2. The lowest BCUT2D eigenvalue weighted by Gasteiger charge is -2.08. The molecule has 0 aliphatic rings. The van der Waals surface area contributed by atoms with Gasteiger partial charge >= 0.3 is 11.9 Å². The van der Waals surface area contributed by atoms with E-state index in [1.165, 1.54) is 6.26 Å². The molecule has 2 N–H and O–H groups in total. The van der Waals surface area contributed by atoms with Gasteiger partial charge < -0.3 is 14.8 Å². The van der Waals surface area contributed by atoms with Crippen LogP contribution in [0.2, 0.25) is 0 Å². The minimum Gasteiger partial charge on any atom is -0.473 e. The fourth-order valence-electron chi connectivity index (χ4n) is 1.57. The molecule has 0 amide bonds. The van der Waals surface area contributed by atoms with E-state index in [4.69, 9.17) is 19.8 Å². The molecule has 1 heterocycles. The van der Waals surface area contributed by atoms with Crippen molar-refractivity contribution in [1.82, 2.24) is 9.55 Å². The van der Waals surface area contributed by atoms with E-state index < -0.39 is 21.8 Å². The van der Waals surface area contributed by atoms with Crippen LogP contribution in [0.4, 0.5) is 0 Å². The Kier molecular flexibility index (Phi) is 5.81. The number of carboxylic acid groups (broad SMARTS) is 2. The number of carbonyl (C=O) groups is 2. The van der Waals surface area contributed by atoms with E-state index >= 15 is 0 Å². The SMILES string of the molecule is CS(=O)(=O)Cc1ccccc1-n1ccnc1.O=C(O)C(=O)O. The van der Waals surface area contributed by atoms with Crippen LogP contribution >= 0.6 is 0 Å². The topological polar surface area (TPSA) is 127 Å². The van der Waals surface area contributed by atoms with Gasteiger partial charge in [-0.3, -0.25) is 0 Å². The summed E-state index contributed by atoms with van der Waals surface area (Å²) >= 11 is 0. The quantitative estimate of drug-likeness (QED) is 0.789.